The van der Waals surface area contributed by atoms with Gasteiger partial charge < -0.3 is 5.11 Å². The van der Waals surface area contributed by atoms with Gasteiger partial charge in [-0.15, -0.1) is 0 Å². The van der Waals surface area contributed by atoms with Crippen LogP contribution in [0.1, 0.15) is 38.5 Å². The number of allylic oxidation sites excluding steroid dienone is 2. The van der Waals surface area contributed by atoms with Crippen LogP contribution in [0.4, 0.5) is 0 Å². The lowest BCUT2D eigenvalue weighted by Gasteiger charge is -2.30. The summed E-state index contributed by atoms with van der Waals surface area (Å²) in [7, 11) is 0. The zero-order valence-electron chi connectivity index (χ0n) is 9.20. The summed E-state index contributed by atoms with van der Waals surface area (Å²) in [5, 5.41) is 19.3. The maximum Gasteiger partial charge on any atom is 0.197 e. The minimum Gasteiger partial charge on any atom is -0.504 e. The van der Waals surface area contributed by atoms with Crippen molar-refractivity contribution in [3.05, 3.63) is 11.3 Å². The Morgan fingerprint density at radius 1 is 1.44 bits per heavy atom. The van der Waals surface area contributed by atoms with E-state index < -0.39 is 0 Å². The average Bonchev–Trinajstić information content (AvgIpc) is 2.80. The molecule has 0 saturated heterocycles. The van der Waals surface area contributed by atoms with E-state index in [1.807, 2.05) is 0 Å². The van der Waals surface area contributed by atoms with Crippen molar-refractivity contribution in [3.63, 3.8) is 0 Å². The molecule has 3 heteroatoms. The Balaban J connectivity index is 2.09. The van der Waals surface area contributed by atoms with Crippen molar-refractivity contribution in [1.82, 2.24) is 0 Å². The number of nitriles is 1. The molecule has 0 aliphatic heterocycles. The van der Waals surface area contributed by atoms with Gasteiger partial charge in [0.2, 0.25) is 0 Å². The van der Waals surface area contributed by atoms with Gasteiger partial charge in [-0.1, -0.05) is 6.42 Å². The fourth-order valence-corrected chi connectivity index (χ4v) is 4.06. The smallest absolute Gasteiger partial charge is 0.197 e. The third kappa shape index (κ3) is 1.000. The molecule has 3 nitrogen and oxygen atoms in total. The first kappa shape index (κ1) is 9.89. The maximum absolute atomic E-state index is 11.5. The molecule has 2 saturated carbocycles. The zero-order valence-corrected chi connectivity index (χ0v) is 9.20. The number of Topliss-reactive ketones (excluding diaryl/α,β-unsaturated/α-hetero) is 1. The first-order valence-corrected chi connectivity index (χ1v) is 6.05. The van der Waals surface area contributed by atoms with Crippen LogP contribution in [-0.2, 0) is 4.79 Å². The average molecular weight is 217 g/mol. The molecule has 0 radical (unpaired) electrons. The first-order chi connectivity index (χ1) is 7.69. The zero-order chi connectivity index (χ0) is 11.3. The number of fused-ring (bicyclic) bond motifs is 3. The molecule has 3 atom stereocenters. The van der Waals surface area contributed by atoms with Gasteiger partial charge in [0.05, 0.1) is 11.5 Å². The molecule has 0 amide bonds. The van der Waals surface area contributed by atoms with Crippen molar-refractivity contribution >= 4 is 5.78 Å². The van der Waals surface area contributed by atoms with Gasteiger partial charge in [-0.05, 0) is 37.2 Å². The van der Waals surface area contributed by atoms with Crippen LogP contribution in [0.25, 0.3) is 0 Å². The molecule has 0 spiro atoms. The largest absolute Gasteiger partial charge is 0.504 e. The third-order valence-corrected chi connectivity index (χ3v) is 4.82. The highest BCUT2D eigenvalue weighted by molar-refractivity contribution is 5.95. The fraction of sp³-hybridized carbons (Fsp3) is 0.692. The van der Waals surface area contributed by atoms with Gasteiger partial charge >= 0.3 is 0 Å². The number of hydrogen-bond acceptors (Lipinski definition) is 3. The predicted octanol–water partition coefficient (Wildman–Crippen LogP) is 2.49. The molecule has 0 aromatic heterocycles. The normalized spacial score (nSPS) is 41.8. The van der Waals surface area contributed by atoms with E-state index in [0.29, 0.717) is 12.3 Å². The lowest BCUT2D eigenvalue weighted by atomic mass is 9.70. The molecule has 0 heterocycles. The molecule has 84 valence electrons. The molecular weight excluding hydrogens is 202 g/mol. The number of carbonyl (C=O) groups excluding carboxylic acids is 1. The minimum absolute atomic E-state index is 0.0136. The molecule has 1 N–H and O–H groups in total. The summed E-state index contributed by atoms with van der Waals surface area (Å²) >= 11 is 0. The van der Waals surface area contributed by atoms with Crippen LogP contribution in [0.5, 0.6) is 0 Å². The molecule has 0 bridgehead atoms. The van der Waals surface area contributed by atoms with Gasteiger partial charge in [0.1, 0.15) is 0 Å². The second-order valence-electron chi connectivity index (χ2n) is 5.33. The predicted molar refractivity (Wildman–Crippen MR) is 57.4 cm³/mol. The third-order valence-electron chi connectivity index (χ3n) is 4.82. The highest BCUT2D eigenvalue weighted by Crippen LogP contribution is 2.62. The van der Waals surface area contributed by atoms with Crippen molar-refractivity contribution in [2.75, 3.05) is 0 Å². The van der Waals surface area contributed by atoms with E-state index in [4.69, 9.17) is 0 Å². The number of aliphatic hydroxyl groups is 1. The van der Waals surface area contributed by atoms with Crippen LogP contribution in [0.3, 0.4) is 0 Å². The van der Waals surface area contributed by atoms with E-state index in [2.05, 4.69) is 6.07 Å². The first-order valence-electron chi connectivity index (χ1n) is 6.05. The summed E-state index contributed by atoms with van der Waals surface area (Å²) in [6.07, 6.45) is 5.10. The molecule has 16 heavy (non-hydrogen) atoms. The highest BCUT2D eigenvalue weighted by Gasteiger charge is 2.57. The lowest BCUT2D eigenvalue weighted by molar-refractivity contribution is -0.119. The Hall–Kier alpha value is -1.30. The van der Waals surface area contributed by atoms with Gasteiger partial charge in [0.15, 0.2) is 11.5 Å². The number of carbonyl (C=O) groups is 1. The van der Waals surface area contributed by atoms with E-state index in [1.54, 1.807) is 0 Å². The monoisotopic (exact) mass is 217 g/mol. The number of aliphatic hydroxyl groups excluding tert-OH is 1. The van der Waals surface area contributed by atoms with Crippen LogP contribution in [0.15, 0.2) is 11.3 Å². The van der Waals surface area contributed by atoms with E-state index in [1.165, 1.54) is 0 Å². The quantitative estimate of drug-likeness (QED) is 0.678. The second-order valence-corrected chi connectivity index (χ2v) is 5.33. The van der Waals surface area contributed by atoms with E-state index >= 15 is 0 Å². The molecule has 0 unspecified atom stereocenters. The van der Waals surface area contributed by atoms with Gasteiger partial charge in [0.25, 0.3) is 0 Å². The second kappa shape index (κ2) is 3.10. The van der Waals surface area contributed by atoms with E-state index in [-0.39, 0.29) is 22.9 Å². The van der Waals surface area contributed by atoms with Crippen LogP contribution >= 0.6 is 0 Å². The Labute approximate surface area is 94.8 Å². The molecule has 3 aliphatic rings. The summed E-state index contributed by atoms with van der Waals surface area (Å²) in [4.78, 5) is 11.5. The summed E-state index contributed by atoms with van der Waals surface area (Å²) in [6, 6.07) is 2.52. The van der Waals surface area contributed by atoms with E-state index in [9.17, 15) is 15.2 Å². The maximum atomic E-state index is 11.5. The van der Waals surface area contributed by atoms with Gasteiger partial charge in [-0.25, -0.2) is 0 Å². The van der Waals surface area contributed by atoms with Gasteiger partial charge in [-0.2, -0.15) is 5.26 Å². The van der Waals surface area contributed by atoms with Crippen LogP contribution < -0.4 is 0 Å². The molecule has 3 rings (SSSR count). The topological polar surface area (TPSA) is 61.1 Å². The van der Waals surface area contributed by atoms with Crippen molar-refractivity contribution < 1.29 is 9.90 Å². The number of ketones is 1. The minimum atomic E-state index is -0.260. The van der Waals surface area contributed by atoms with Crippen LogP contribution in [0.2, 0.25) is 0 Å². The van der Waals surface area contributed by atoms with Crippen molar-refractivity contribution in [2.24, 2.45) is 17.3 Å². The number of hydrogen-bond donors (Lipinski definition) is 1. The Morgan fingerprint density at radius 3 is 3.00 bits per heavy atom. The molecule has 0 aromatic carbocycles. The van der Waals surface area contributed by atoms with Crippen LogP contribution in [0, 0.1) is 28.6 Å². The molecule has 0 aromatic rings. The van der Waals surface area contributed by atoms with Crippen LogP contribution in [-0.4, -0.2) is 10.9 Å². The number of rotatable bonds is 0. The SMILES string of the molecule is N#C[C@@]12CCC[C@@H]1CC1=C(O)C(=O)CC[C@H]12. The summed E-state index contributed by atoms with van der Waals surface area (Å²) in [5.74, 6) is 0.396. The van der Waals surface area contributed by atoms with Gasteiger partial charge in [0, 0.05) is 12.3 Å². The summed E-state index contributed by atoms with van der Waals surface area (Å²) in [6.45, 7) is 0. The summed E-state index contributed by atoms with van der Waals surface area (Å²) in [5.41, 5.74) is 0.631. The van der Waals surface area contributed by atoms with Crippen molar-refractivity contribution in [2.45, 2.75) is 38.5 Å². The fourth-order valence-electron chi connectivity index (χ4n) is 4.06. The van der Waals surface area contributed by atoms with Crippen molar-refractivity contribution in [1.29, 1.82) is 5.26 Å². The Morgan fingerprint density at radius 2 is 2.25 bits per heavy atom. The standard InChI is InChI=1S/C13H15NO2/c14-7-13-5-1-2-8(13)6-9-10(13)3-4-11(15)12(9)16/h8,10,16H,1-6H2/t8-,10-,13+/m1/s1. The van der Waals surface area contributed by atoms with E-state index in [0.717, 1.165) is 37.7 Å². The Kier molecular flexibility index (Phi) is 1.92. The number of nitrogens with zero attached hydrogens (tertiary/aromatic N) is 1. The summed E-state index contributed by atoms with van der Waals surface area (Å²) < 4.78 is 0. The highest BCUT2D eigenvalue weighted by atomic mass is 16.3. The van der Waals surface area contributed by atoms with Crippen molar-refractivity contribution in [3.8, 4) is 6.07 Å². The molecular formula is C13H15NO2. The Bertz CT molecular complexity index is 432. The lowest BCUT2D eigenvalue weighted by Crippen LogP contribution is -2.29. The molecule has 3 aliphatic carbocycles. The van der Waals surface area contributed by atoms with Gasteiger partial charge in [-0.3, -0.25) is 4.79 Å². The molecule has 2 fully saturated rings.